The van der Waals surface area contributed by atoms with Gasteiger partial charge in [-0.3, -0.25) is 4.79 Å². The standard InChI is InChI=1S/C13H17N3O5/c1-16(2)11(17)7-14-13(20)15-9-3-5-10(6-4-9)21-8-12(18)19/h3-6H,7-8H2,1-2H3,(H,18,19)(H2,14,15,20). The highest BCUT2D eigenvalue weighted by Crippen LogP contribution is 2.15. The first kappa shape index (κ1) is 16.3. The van der Waals surface area contributed by atoms with Crippen LogP contribution >= 0.6 is 0 Å². The van der Waals surface area contributed by atoms with Crippen molar-refractivity contribution in [2.45, 2.75) is 0 Å². The van der Waals surface area contributed by atoms with Crippen LogP contribution in [0.1, 0.15) is 0 Å². The number of carbonyl (C=O) groups excluding carboxylic acids is 2. The summed E-state index contributed by atoms with van der Waals surface area (Å²) in [5, 5.41) is 13.4. The molecule has 0 saturated heterocycles. The quantitative estimate of drug-likeness (QED) is 0.702. The normalized spacial score (nSPS) is 9.62. The van der Waals surface area contributed by atoms with E-state index < -0.39 is 18.6 Å². The number of carboxylic acid groups (broad SMARTS) is 1. The van der Waals surface area contributed by atoms with Crippen LogP contribution in [0.15, 0.2) is 24.3 Å². The van der Waals surface area contributed by atoms with Crippen molar-refractivity contribution in [3.63, 3.8) is 0 Å². The second-order valence-electron chi connectivity index (χ2n) is 4.30. The van der Waals surface area contributed by atoms with Crippen molar-refractivity contribution in [3.05, 3.63) is 24.3 Å². The number of urea groups is 1. The number of nitrogens with one attached hydrogen (secondary N) is 2. The number of carbonyl (C=O) groups is 3. The van der Waals surface area contributed by atoms with Gasteiger partial charge in [-0.2, -0.15) is 0 Å². The topological polar surface area (TPSA) is 108 Å². The number of benzene rings is 1. The molecule has 1 aromatic rings. The van der Waals surface area contributed by atoms with E-state index in [1.54, 1.807) is 26.2 Å². The summed E-state index contributed by atoms with van der Waals surface area (Å²) in [4.78, 5) is 34.5. The van der Waals surface area contributed by atoms with Gasteiger partial charge in [-0.15, -0.1) is 0 Å². The van der Waals surface area contributed by atoms with Crippen LogP contribution in [-0.2, 0) is 9.59 Å². The lowest BCUT2D eigenvalue weighted by molar-refractivity contribution is -0.139. The molecule has 0 spiro atoms. The Morgan fingerprint density at radius 1 is 1.19 bits per heavy atom. The summed E-state index contributed by atoms with van der Waals surface area (Å²) in [6, 6.07) is 5.67. The van der Waals surface area contributed by atoms with Gasteiger partial charge in [0.05, 0.1) is 6.54 Å². The van der Waals surface area contributed by atoms with E-state index in [1.165, 1.54) is 17.0 Å². The van der Waals surface area contributed by atoms with Gasteiger partial charge in [-0.1, -0.05) is 0 Å². The van der Waals surface area contributed by atoms with E-state index in [-0.39, 0.29) is 12.5 Å². The van der Waals surface area contributed by atoms with Gasteiger partial charge < -0.3 is 25.4 Å². The Labute approximate surface area is 121 Å². The molecule has 0 saturated carbocycles. The molecule has 0 fully saturated rings. The zero-order valence-electron chi connectivity index (χ0n) is 11.8. The highest BCUT2D eigenvalue weighted by Gasteiger charge is 2.07. The maximum atomic E-state index is 11.5. The summed E-state index contributed by atoms with van der Waals surface area (Å²) < 4.78 is 4.95. The summed E-state index contributed by atoms with van der Waals surface area (Å²) in [6.45, 7) is -0.529. The maximum absolute atomic E-state index is 11.5. The summed E-state index contributed by atoms with van der Waals surface area (Å²) in [5.41, 5.74) is 0.493. The molecular weight excluding hydrogens is 278 g/mol. The number of rotatable bonds is 6. The predicted octanol–water partition coefficient (Wildman–Crippen LogP) is 0.360. The molecule has 3 amide bonds. The number of hydrogen-bond acceptors (Lipinski definition) is 4. The first-order valence-electron chi connectivity index (χ1n) is 6.08. The third kappa shape index (κ3) is 6.28. The second kappa shape index (κ2) is 7.73. The molecule has 0 atom stereocenters. The van der Waals surface area contributed by atoms with Crippen LogP contribution in [0.2, 0.25) is 0 Å². The lowest BCUT2D eigenvalue weighted by atomic mass is 10.3. The highest BCUT2D eigenvalue weighted by atomic mass is 16.5. The monoisotopic (exact) mass is 295 g/mol. The Balaban J connectivity index is 2.42. The first-order chi connectivity index (χ1) is 9.88. The van der Waals surface area contributed by atoms with Gasteiger partial charge in [0.1, 0.15) is 5.75 Å². The van der Waals surface area contributed by atoms with Crippen LogP contribution in [0.4, 0.5) is 10.5 Å². The van der Waals surface area contributed by atoms with Gasteiger partial charge in [0.2, 0.25) is 5.91 Å². The Bertz CT molecular complexity index is 513. The van der Waals surface area contributed by atoms with Gasteiger partial charge in [0, 0.05) is 19.8 Å². The number of anilines is 1. The molecule has 0 radical (unpaired) electrons. The van der Waals surface area contributed by atoms with E-state index in [0.29, 0.717) is 11.4 Å². The number of nitrogens with zero attached hydrogens (tertiary/aromatic N) is 1. The summed E-state index contributed by atoms with van der Waals surface area (Å²) >= 11 is 0. The van der Waals surface area contributed by atoms with Crippen molar-refractivity contribution >= 4 is 23.6 Å². The summed E-state index contributed by atoms with van der Waals surface area (Å²) in [5.74, 6) is -0.907. The van der Waals surface area contributed by atoms with E-state index >= 15 is 0 Å². The largest absolute Gasteiger partial charge is 0.482 e. The molecule has 21 heavy (non-hydrogen) atoms. The van der Waals surface area contributed by atoms with Gasteiger partial charge in [-0.05, 0) is 24.3 Å². The molecule has 3 N–H and O–H groups in total. The summed E-state index contributed by atoms with van der Waals surface area (Å²) in [6.07, 6.45) is 0. The summed E-state index contributed by atoms with van der Waals surface area (Å²) in [7, 11) is 3.19. The van der Waals surface area contributed by atoms with Crippen LogP contribution in [0.3, 0.4) is 0 Å². The fourth-order valence-electron chi connectivity index (χ4n) is 1.27. The van der Waals surface area contributed by atoms with Crippen molar-refractivity contribution in [3.8, 4) is 5.75 Å². The minimum atomic E-state index is -1.07. The third-order valence-electron chi connectivity index (χ3n) is 2.37. The number of carboxylic acids is 1. The van der Waals surface area contributed by atoms with Gasteiger partial charge >= 0.3 is 12.0 Å². The van der Waals surface area contributed by atoms with Crippen molar-refractivity contribution < 1.29 is 24.2 Å². The zero-order chi connectivity index (χ0) is 15.8. The molecule has 8 heteroatoms. The fourth-order valence-corrected chi connectivity index (χ4v) is 1.27. The number of likely N-dealkylation sites (N-methyl/N-ethyl adjacent to an activating group) is 1. The molecule has 1 aromatic carbocycles. The first-order valence-corrected chi connectivity index (χ1v) is 6.08. The van der Waals surface area contributed by atoms with Gasteiger partial charge in [0.25, 0.3) is 0 Å². The molecule has 0 heterocycles. The van der Waals surface area contributed by atoms with E-state index in [0.717, 1.165) is 0 Å². The Morgan fingerprint density at radius 2 is 1.81 bits per heavy atom. The van der Waals surface area contributed by atoms with Gasteiger partial charge in [-0.25, -0.2) is 9.59 Å². The van der Waals surface area contributed by atoms with E-state index in [4.69, 9.17) is 9.84 Å². The third-order valence-corrected chi connectivity index (χ3v) is 2.37. The lowest BCUT2D eigenvalue weighted by Crippen LogP contribution is -2.38. The molecule has 0 aliphatic heterocycles. The number of ether oxygens (including phenoxy) is 1. The van der Waals surface area contributed by atoms with Crippen LogP contribution in [0.5, 0.6) is 5.75 Å². The van der Waals surface area contributed by atoms with Crippen LogP contribution < -0.4 is 15.4 Å². The lowest BCUT2D eigenvalue weighted by Gasteiger charge is -2.11. The number of hydrogen-bond donors (Lipinski definition) is 3. The highest BCUT2D eigenvalue weighted by molar-refractivity contribution is 5.92. The Morgan fingerprint density at radius 3 is 2.33 bits per heavy atom. The van der Waals surface area contributed by atoms with E-state index in [9.17, 15) is 14.4 Å². The van der Waals surface area contributed by atoms with Crippen molar-refractivity contribution in [1.29, 1.82) is 0 Å². The second-order valence-corrected chi connectivity index (χ2v) is 4.30. The van der Waals surface area contributed by atoms with Gasteiger partial charge in [0.15, 0.2) is 6.61 Å². The molecule has 114 valence electrons. The maximum Gasteiger partial charge on any atom is 0.341 e. The smallest absolute Gasteiger partial charge is 0.341 e. The van der Waals surface area contributed by atoms with Crippen LogP contribution in [0.25, 0.3) is 0 Å². The minimum Gasteiger partial charge on any atom is -0.482 e. The minimum absolute atomic E-state index is 0.0986. The average Bonchev–Trinajstić information content (AvgIpc) is 2.43. The Kier molecular flexibility index (Phi) is 5.99. The van der Waals surface area contributed by atoms with Crippen molar-refractivity contribution in [2.24, 2.45) is 0 Å². The predicted molar refractivity (Wildman–Crippen MR) is 75.3 cm³/mol. The van der Waals surface area contributed by atoms with Crippen molar-refractivity contribution in [1.82, 2.24) is 10.2 Å². The van der Waals surface area contributed by atoms with Crippen LogP contribution in [0, 0.1) is 0 Å². The molecule has 0 bridgehead atoms. The molecule has 0 aromatic heterocycles. The Hall–Kier alpha value is -2.77. The fraction of sp³-hybridized carbons (Fsp3) is 0.308. The molecule has 1 rings (SSSR count). The van der Waals surface area contributed by atoms with Crippen LogP contribution in [-0.4, -0.2) is 55.2 Å². The molecule has 0 aliphatic carbocycles. The zero-order valence-corrected chi connectivity index (χ0v) is 11.8. The number of aliphatic carboxylic acids is 1. The van der Waals surface area contributed by atoms with E-state index in [1.807, 2.05) is 0 Å². The molecule has 8 nitrogen and oxygen atoms in total. The average molecular weight is 295 g/mol. The number of amides is 3. The molecule has 0 aliphatic rings. The van der Waals surface area contributed by atoms with E-state index in [2.05, 4.69) is 10.6 Å². The van der Waals surface area contributed by atoms with Crippen molar-refractivity contribution in [2.75, 3.05) is 32.6 Å². The molecular formula is C13H17N3O5. The SMILES string of the molecule is CN(C)C(=O)CNC(=O)Nc1ccc(OCC(=O)O)cc1. The molecule has 0 unspecified atom stereocenters.